The van der Waals surface area contributed by atoms with Gasteiger partial charge in [0.05, 0.1) is 12.6 Å². The van der Waals surface area contributed by atoms with Crippen molar-refractivity contribution in [1.29, 1.82) is 0 Å². The minimum Gasteiger partial charge on any atom is -0.493 e. The molecule has 1 unspecified atom stereocenters. The Hall–Kier alpha value is -2.67. The summed E-state index contributed by atoms with van der Waals surface area (Å²) in [5, 5.41) is 7.05. The molecule has 0 saturated carbocycles. The topological polar surface area (TPSA) is 64.4 Å². The Morgan fingerprint density at radius 1 is 1.26 bits per heavy atom. The van der Waals surface area contributed by atoms with E-state index in [0.717, 1.165) is 15.8 Å². The van der Waals surface area contributed by atoms with Gasteiger partial charge in [-0.1, -0.05) is 21.1 Å². The normalized spacial score (nSPS) is 15.7. The van der Waals surface area contributed by atoms with Crippen LogP contribution < -0.4 is 10.1 Å². The average Bonchev–Trinajstić information content (AvgIpc) is 3.04. The number of amides is 1. The van der Waals surface area contributed by atoms with Crippen LogP contribution in [0.3, 0.4) is 0 Å². The molecule has 1 N–H and O–H groups in total. The number of ether oxygens (including phenoxy) is 1. The Balaban J connectivity index is 1.65. The lowest BCUT2D eigenvalue weighted by molar-refractivity contribution is 0.0924. The number of aromatic nitrogens is 1. The van der Waals surface area contributed by atoms with Gasteiger partial charge < -0.3 is 14.6 Å². The molecule has 1 aliphatic rings. The predicted molar refractivity (Wildman–Crippen MR) is 101 cm³/mol. The van der Waals surface area contributed by atoms with Crippen molar-refractivity contribution in [1.82, 2.24) is 10.5 Å². The molecule has 0 bridgehead atoms. The smallest absolute Gasteiger partial charge is 0.257 e. The first-order valence-corrected chi connectivity index (χ1v) is 9.27. The highest BCUT2D eigenvalue weighted by Crippen LogP contribution is 2.35. The van der Waals surface area contributed by atoms with E-state index in [1.165, 1.54) is 12.1 Å². The van der Waals surface area contributed by atoms with Crippen molar-refractivity contribution in [3.63, 3.8) is 0 Å². The second-order valence-electron chi connectivity index (χ2n) is 6.31. The van der Waals surface area contributed by atoms with E-state index in [4.69, 9.17) is 9.26 Å². The van der Waals surface area contributed by atoms with Gasteiger partial charge in [-0.25, -0.2) is 4.39 Å². The Morgan fingerprint density at radius 3 is 2.81 bits per heavy atom. The molecule has 4 rings (SSSR count). The molecule has 2 heterocycles. The number of carbonyl (C=O) groups is 1. The zero-order chi connectivity index (χ0) is 19.0. The molecular formula is C20H16BrFN2O3. The zero-order valence-electron chi connectivity index (χ0n) is 14.5. The van der Waals surface area contributed by atoms with E-state index < -0.39 is 0 Å². The van der Waals surface area contributed by atoms with Crippen LogP contribution in [0.25, 0.3) is 11.3 Å². The Labute approximate surface area is 163 Å². The van der Waals surface area contributed by atoms with Crippen molar-refractivity contribution in [2.24, 2.45) is 0 Å². The number of hydrogen-bond donors (Lipinski definition) is 1. The molecule has 0 radical (unpaired) electrons. The number of nitrogens with zero attached hydrogens (tertiary/aromatic N) is 1. The highest BCUT2D eigenvalue weighted by molar-refractivity contribution is 9.10. The summed E-state index contributed by atoms with van der Waals surface area (Å²) in [6, 6.07) is 11.3. The van der Waals surface area contributed by atoms with Crippen molar-refractivity contribution in [3.8, 4) is 17.0 Å². The van der Waals surface area contributed by atoms with Crippen LogP contribution in [0.15, 0.2) is 51.5 Å². The third kappa shape index (κ3) is 3.47. The summed E-state index contributed by atoms with van der Waals surface area (Å²) in [5.41, 5.74) is 2.28. The van der Waals surface area contributed by atoms with Crippen LogP contribution in [0.5, 0.6) is 5.75 Å². The van der Waals surface area contributed by atoms with Crippen LogP contribution in [0.1, 0.15) is 34.1 Å². The van der Waals surface area contributed by atoms with Crippen LogP contribution in [0.4, 0.5) is 4.39 Å². The molecule has 1 aromatic heterocycles. The summed E-state index contributed by atoms with van der Waals surface area (Å²) in [6.07, 6.45) is 0.658. The van der Waals surface area contributed by atoms with Gasteiger partial charge in [0.25, 0.3) is 5.91 Å². The summed E-state index contributed by atoms with van der Waals surface area (Å²) < 4.78 is 25.0. The summed E-state index contributed by atoms with van der Waals surface area (Å²) in [4.78, 5) is 13.0. The third-order valence-electron chi connectivity index (χ3n) is 4.52. The highest BCUT2D eigenvalue weighted by Gasteiger charge is 2.27. The molecule has 1 amide bonds. The molecular weight excluding hydrogens is 415 g/mol. The largest absolute Gasteiger partial charge is 0.493 e. The van der Waals surface area contributed by atoms with Crippen LogP contribution in [-0.2, 0) is 0 Å². The van der Waals surface area contributed by atoms with Crippen molar-refractivity contribution in [3.05, 3.63) is 69.6 Å². The molecule has 5 nitrogen and oxygen atoms in total. The minimum atomic E-state index is -0.352. The molecule has 27 heavy (non-hydrogen) atoms. The number of aryl methyl sites for hydroxylation is 1. The lowest BCUT2D eigenvalue weighted by Gasteiger charge is -2.27. The van der Waals surface area contributed by atoms with Gasteiger partial charge in [-0.2, -0.15) is 0 Å². The summed E-state index contributed by atoms with van der Waals surface area (Å²) in [5.74, 6) is 0.532. The van der Waals surface area contributed by atoms with Crippen molar-refractivity contribution in [2.45, 2.75) is 19.4 Å². The van der Waals surface area contributed by atoms with Gasteiger partial charge in [-0.05, 0) is 49.4 Å². The van der Waals surface area contributed by atoms with E-state index in [-0.39, 0.29) is 17.8 Å². The number of rotatable bonds is 3. The molecule has 138 valence electrons. The second-order valence-corrected chi connectivity index (χ2v) is 7.23. The molecule has 7 heteroatoms. The predicted octanol–water partition coefficient (Wildman–Crippen LogP) is 4.81. The van der Waals surface area contributed by atoms with Gasteiger partial charge in [0.15, 0.2) is 0 Å². The molecule has 1 atom stereocenters. The van der Waals surface area contributed by atoms with Crippen LogP contribution in [0.2, 0.25) is 0 Å². The maximum atomic E-state index is 13.2. The van der Waals surface area contributed by atoms with Gasteiger partial charge in [0.1, 0.15) is 28.6 Å². The number of nitrogens with one attached hydrogen (secondary N) is 1. The number of hydrogen-bond acceptors (Lipinski definition) is 4. The van der Waals surface area contributed by atoms with Crippen LogP contribution in [0, 0.1) is 12.7 Å². The van der Waals surface area contributed by atoms with E-state index >= 15 is 0 Å². The Bertz CT molecular complexity index is 1000. The minimum absolute atomic E-state index is 0.186. The van der Waals surface area contributed by atoms with Gasteiger partial charge in [0, 0.05) is 22.0 Å². The van der Waals surface area contributed by atoms with E-state index in [2.05, 4.69) is 26.4 Å². The fraction of sp³-hybridized carbons (Fsp3) is 0.200. The number of halogens is 2. The molecule has 3 aromatic rings. The average molecular weight is 431 g/mol. The van der Waals surface area contributed by atoms with Gasteiger partial charge in [-0.15, -0.1) is 0 Å². The quantitative estimate of drug-likeness (QED) is 0.647. The molecule has 0 spiro atoms. The maximum Gasteiger partial charge on any atom is 0.257 e. The van der Waals surface area contributed by atoms with Crippen molar-refractivity contribution >= 4 is 21.8 Å². The first-order valence-electron chi connectivity index (χ1n) is 8.48. The highest BCUT2D eigenvalue weighted by atomic mass is 79.9. The SMILES string of the molecule is Cc1onc(-c2ccc(F)cc2)c1C(=O)NC1CCOc2ccc(Br)cc21. The molecule has 0 saturated heterocycles. The lowest BCUT2D eigenvalue weighted by atomic mass is 9.99. The standard InChI is InChI=1S/C20H16BrFN2O3/c1-11-18(19(24-27-11)12-2-5-14(22)6-3-12)20(25)23-16-8-9-26-17-7-4-13(21)10-15(16)17/h2-7,10,16H,8-9H2,1H3,(H,23,25). The fourth-order valence-electron chi connectivity index (χ4n) is 3.19. The Kier molecular flexibility index (Phi) is 4.70. The van der Waals surface area contributed by atoms with E-state index in [1.54, 1.807) is 19.1 Å². The summed E-state index contributed by atoms with van der Waals surface area (Å²) in [7, 11) is 0. The Morgan fingerprint density at radius 2 is 2.04 bits per heavy atom. The number of benzene rings is 2. The van der Waals surface area contributed by atoms with E-state index in [1.807, 2.05) is 18.2 Å². The van der Waals surface area contributed by atoms with E-state index in [0.29, 0.717) is 35.6 Å². The van der Waals surface area contributed by atoms with E-state index in [9.17, 15) is 9.18 Å². The lowest BCUT2D eigenvalue weighted by Crippen LogP contribution is -2.32. The van der Waals surface area contributed by atoms with Crippen molar-refractivity contribution in [2.75, 3.05) is 6.61 Å². The first-order chi connectivity index (χ1) is 13.0. The number of fused-ring (bicyclic) bond motifs is 1. The first kappa shape index (κ1) is 17.7. The van der Waals surface area contributed by atoms with Crippen molar-refractivity contribution < 1.29 is 18.4 Å². The van der Waals surface area contributed by atoms with Gasteiger partial charge in [-0.3, -0.25) is 4.79 Å². The molecule has 2 aromatic carbocycles. The monoisotopic (exact) mass is 430 g/mol. The maximum absolute atomic E-state index is 13.2. The fourth-order valence-corrected chi connectivity index (χ4v) is 3.57. The summed E-state index contributed by atoms with van der Waals surface area (Å²) in [6.45, 7) is 2.20. The number of carbonyl (C=O) groups excluding carboxylic acids is 1. The molecule has 0 aliphatic carbocycles. The second kappa shape index (κ2) is 7.15. The summed E-state index contributed by atoms with van der Waals surface area (Å²) >= 11 is 3.46. The third-order valence-corrected chi connectivity index (χ3v) is 5.02. The zero-order valence-corrected chi connectivity index (χ0v) is 16.0. The molecule has 0 fully saturated rings. The van der Waals surface area contributed by atoms with Gasteiger partial charge in [0.2, 0.25) is 0 Å². The van der Waals surface area contributed by atoms with Crippen LogP contribution >= 0.6 is 15.9 Å². The van der Waals surface area contributed by atoms with Crippen LogP contribution in [-0.4, -0.2) is 17.7 Å². The van der Waals surface area contributed by atoms with Gasteiger partial charge >= 0.3 is 0 Å². The molecule has 1 aliphatic heterocycles.